The van der Waals surface area contributed by atoms with Crippen molar-refractivity contribution >= 4 is 46.8 Å². The molecule has 2 amide bonds. The Morgan fingerprint density at radius 2 is 1.88 bits per heavy atom. The van der Waals surface area contributed by atoms with Crippen LogP contribution >= 0.6 is 23.2 Å². The maximum absolute atomic E-state index is 12.1. The molecular weight excluding hydrogens is 347 g/mol. The molecule has 2 N–H and O–H groups in total. The Morgan fingerprint density at radius 1 is 1.12 bits per heavy atom. The zero-order valence-electron chi connectivity index (χ0n) is 13.2. The second kappa shape index (κ2) is 7.99. The summed E-state index contributed by atoms with van der Waals surface area (Å²) in [5.41, 5.74) is 2.54. The number of hydrogen-bond donors (Lipinski definition) is 2. The van der Waals surface area contributed by atoms with Gasteiger partial charge in [0.05, 0.1) is 10.0 Å². The number of rotatable bonds is 4. The molecule has 2 aromatic carbocycles. The second-order valence-electron chi connectivity index (χ2n) is 5.07. The third-order valence-electron chi connectivity index (χ3n) is 3.38. The van der Waals surface area contributed by atoms with Crippen LogP contribution in [0.1, 0.15) is 21.5 Å². The van der Waals surface area contributed by atoms with Gasteiger partial charge in [0.25, 0.3) is 5.91 Å². The summed E-state index contributed by atoms with van der Waals surface area (Å²) in [4.78, 5) is 23.8. The van der Waals surface area contributed by atoms with E-state index in [2.05, 4.69) is 10.6 Å². The molecule has 0 unspecified atom stereocenters. The normalized spacial score (nSPS) is 10.7. The third-order valence-corrected chi connectivity index (χ3v) is 4.21. The minimum absolute atomic E-state index is 0.216. The highest BCUT2D eigenvalue weighted by Crippen LogP contribution is 2.26. The Morgan fingerprint density at radius 3 is 2.58 bits per heavy atom. The Bertz CT molecular complexity index is 817. The molecule has 0 fully saturated rings. The molecule has 24 heavy (non-hydrogen) atoms. The van der Waals surface area contributed by atoms with Gasteiger partial charge in [0.2, 0.25) is 5.91 Å². The minimum atomic E-state index is -0.330. The van der Waals surface area contributed by atoms with Crippen LogP contribution in [0, 0.1) is 6.92 Å². The summed E-state index contributed by atoms with van der Waals surface area (Å²) in [6.07, 6.45) is 2.95. The van der Waals surface area contributed by atoms with E-state index in [1.807, 2.05) is 6.92 Å². The van der Waals surface area contributed by atoms with Crippen molar-refractivity contribution in [2.45, 2.75) is 6.92 Å². The summed E-state index contributed by atoms with van der Waals surface area (Å²) in [7, 11) is 1.55. The number of amides is 2. The highest BCUT2D eigenvalue weighted by molar-refractivity contribution is 6.42. The van der Waals surface area contributed by atoms with E-state index in [1.54, 1.807) is 49.5 Å². The number of aryl methyl sites for hydroxylation is 1. The zero-order valence-corrected chi connectivity index (χ0v) is 14.7. The molecule has 0 heterocycles. The molecule has 0 spiro atoms. The van der Waals surface area contributed by atoms with Crippen molar-refractivity contribution in [1.29, 1.82) is 0 Å². The lowest BCUT2D eigenvalue weighted by molar-refractivity contribution is -0.111. The monoisotopic (exact) mass is 362 g/mol. The van der Waals surface area contributed by atoms with E-state index in [0.717, 1.165) is 5.56 Å². The van der Waals surface area contributed by atoms with Crippen LogP contribution in [0.5, 0.6) is 0 Å². The van der Waals surface area contributed by atoms with Crippen molar-refractivity contribution in [3.8, 4) is 0 Å². The minimum Gasteiger partial charge on any atom is -0.355 e. The SMILES string of the molecule is CNC(=O)c1ccc(C)c(NC(=O)C=Cc2cccc(Cl)c2Cl)c1. The molecule has 0 aliphatic rings. The van der Waals surface area contributed by atoms with Crippen molar-refractivity contribution in [2.24, 2.45) is 0 Å². The fourth-order valence-electron chi connectivity index (χ4n) is 2.03. The van der Waals surface area contributed by atoms with Crippen LogP contribution in [-0.2, 0) is 4.79 Å². The van der Waals surface area contributed by atoms with Crippen LogP contribution in [0.15, 0.2) is 42.5 Å². The molecule has 0 aliphatic carbocycles. The van der Waals surface area contributed by atoms with Crippen molar-refractivity contribution in [3.63, 3.8) is 0 Å². The number of halogens is 2. The summed E-state index contributed by atoms with van der Waals surface area (Å²) in [6, 6.07) is 10.3. The van der Waals surface area contributed by atoms with Gasteiger partial charge in [-0.05, 0) is 42.3 Å². The molecule has 6 heteroatoms. The van der Waals surface area contributed by atoms with Crippen molar-refractivity contribution in [2.75, 3.05) is 12.4 Å². The zero-order chi connectivity index (χ0) is 17.7. The number of nitrogens with one attached hydrogen (secondary N) is 2. The molecular formula is C18H16Cl2N2O2. The fraction of sp³-hybridized carbons (Fsp3) is 0.111. The lowest BCUT2D eigenvalue weighted by atomic mass is 10.1. The maximum atomic E-state index is 12.1. The van der Waals surface area contributed by atoms with E-state index in [1.165, 1.54) is 6.08 Å². The number of benzene rings is 2. The van der Waals surface area contributed by atoms with E-state index in [4.69, 9.17) is 23.2 Å². The lowest BCUT2D eigenvalue weighted by Crippen LogP contribution is -2.18. The number of hydrogen-bond acceptors (Lipinski definition) is 2. The van der Waals surface area contributed by atoms with Crippen LogP contribution in [0.4, 0.5) is 5.69 Å². The van der Waals surface area contributed by atoms with Gasteiger partial charge < -0.3 is 10.6 Å². The molecule has 0 saturated carbocycles. The molecule has 2 aromatic rings. The average molecular weight is 363 g/mol. The molecule has 0 atom stereocenters. The first-order chi connectivity index (χ1) is 11.4. The molecule has 124 valence electrons. The van der Waals surface area contributed by atoms with Gasteiger partial charge in [-0.2, -0.15) is 0 Å². The summed E-state index contributed by atoms with van der Waals surface area (Å²) < 4.78 is 0. The van der Waals surface area contributed by atoms with Gasteiger partial charge in [0.15, 0.2) is 0 Å². The van der Waals surface area contributed by atoms with E-state index >= 15 is 0 Å². The topological polar surface area (TPSA) is 58.2 Å². The Labute approximate surface area is 150 Å². The summed E-state index contributed by atoms with van der Waals surface area (Å²) >= 11 is 12.0. The highest BCUT2D eigenvalue weighted by atomic mass is 35.5. The van der Waals surface area contributed by atoms with Crippen molar-refractivity contribution in [1.82, 2.24) is 5.32 Å². The summed E-state index contributed by atoms with van der Waals surface area (Å²) in [5.74, 6) is -0.546. The van der Waals surface area contributed by atoms with Crippen LogP contribution in [0.2, 0.25) is 10.0 Å². The summed E-state index contributed by atoms with van der Waals surface area (Å²) in [6.45, 7) is 1.85. The lowest BCUT2D eigenvalue weighted by Gasteiger charge is -2.09. The molecule has 0 aromatic heterocycles. The van der Waals surface area contributed by atoms with E-state index in [9.17, 15) is 9.59 Å². The van der Waals surface area contributed by atoms with Gasteiger partial charge in [-0.3, -0.25) is 9.59 Å². The van der Waals surface area contributed by atoms with E-state index in [-0.39, 0.29) is 11.8 Å². The fourth-order valence-corrected chi connectivity index (χ4v) is 2.40. The maximum Gasteiger partial charge on any atom is 0.251 e. The van der Waals surface area contributed by atoms with Gasteiger partial charge in [-0.15, -0.1) is 0 Å². The first-order valence-corrected chi connectivity index (χ1v) is 7.93. The van der Waals surface area contributed by atoms with Crippen LogP contribution < -0.4 is 10.6 Å². The first-order valence-electron chi connectivity index (χ1n) is 7.18. The van der Waals surface area contributed by atoms with Crippen molar-refractivity contribution in [3.05, 3.63) is 69.2 Å². The predicted octanol–water partition coefficient (Wildman–Crippen LogP) is 4.31. The molecule has 0 saturated heterocycles. The molecule has 2 rings (SSSR count). The smallest absolute Gasteiger partial charge is 0.251 e. The Balaban J connectivity index is 2.16. The van der Waals surface area contributed by atoms with E-state index < -0.39 is 0 Å². The summed E-state index contributed by atoms with van der Waals surface area (Å²) in [5, 5.41) is 6.11. The number of carbonyl (C=O) groups excluding carboxylic acids is 2. The number of anilines is 1. The molecule has 4 nitrogen and oxygen atoms in total. The standard InChI is InChI=1S/C18H16Cl2N2O2/c1-11-6-7-13(18(24)21-2)10-15(11)22-16(23)9-8-12-4-3-5-14(19)17(12)20/h3-10H,1-2H3,(H,21,24)(H,22,23). The highest BCUT2D eigenvalue weighted by Gasteiger charge is 2.08. The van der Waals surface area contributed by atoms with Gasteiger partial charge in [-0.1, -0.05) is 41.4 Å². The third kappa shape index (κ3) is 4.37. The number of carbonyl (C=O) groups is 2. The second-order valence-corrected chi connectivity index (χ2v) is 5.86. The largest absolute Gasteiger partial charge is 0.355 e. The van der Waals surface area contributed by atoms with Gasteiger partial charge in [0, 0.05) is 24.4 Å². The van der Waals surface area contributed by atoms with Gasteiger partial charge >= 0.3 is 0 Å². The predicted molar refractivity (Wildman–Crippen MR) is 98.7 cm³/mol. The van der Waals surface area contributed by atoms with Crippen LogP contribution in [0.25, 0.3) is 6.08 Å². The Hall–Kier alpha value is -2.30. The van der Waals surface area contributed by atoms with Crippen LogP contribution in [-0.4, -0.2) is 18.9 Å². The first kappa shape index (κ1) is 18.0. The Kier molecular flexibility index (Phi) is 6.01. The van der Waals surface area contributed by atoms with Crippen molar-refractivity contribution < 1.29 is 9.59 Å². The van der Waals surface area contributed by atoms with E-state index in [0.29, 0.717) is 26.9 Å². The van der Waals surface area contributed by atoms with Gasteiger partial charge in [0.1, 0.15) is 0 Å². The molecule has 0 aliphatic heterocycles. The molecule has 0 bridgehead atoms. The quantitative estimate of drug-likeness (QED) is 0.796. The van der Waals surface area contributed by atoms with Crippen LogP contribution in [0.3, 0.4) is 0 Å². The average Bonchev–Trinajstić information content (AvgIpc) is 2.57. The molecule has 0 radical (unpaired) electrons. The van der Waals surface area contributed by atoms with Gasteiger partial charge in [-0.25, -0.2) is 0 Å².